The molecule has 2 aliphatic carbocycles. The van der Waals surface area contributed by atoms with E-state index in [2.05, 4.69) is 81.3 Å². The molecule has 0 amide bonds. The fourth-order valence-electron chi connectivity index (χ4n) is 2.76. The average Bonchev–Trinajstić information content (AvgIpc) is 2.46. The highest BCUT2D eigenvalue weighted by Crippen LogP contribution is 2.28. The maximum atomic E-state index is 4.00. The molecule has 0 N–H and O–H groups in total. The van der Waals surface area contributed by atoms with E-state index in [1.807, 2.05) is 0 Å². The molecule has 1 unspecified atom stereocenters. The van der Waals surface area contributed by atoms with Crippen molar-refractivity contribution in [3.05, 3.63) is 70.3 Å². The second-order valence-electron chi connectivity index (χ2n) is 5.27. The van der Waals surface area contributed by atoms with Gasteiger partial charge in [0.05, 0.1) is 0 Å². The number of hydrogen-bond donors (Lipinski definition) is 0. The largest absolute Gasteiger partial charge is 0.124 e. The lowest BCUT2D eigenvalue weighted by Gasteiger charge is -2.17. The molecular formula is C20H20. The first-order valence-electron chi connectivity index (χ1n) is 6.93. The van der Waals surface area contributed by atoms with Crippen LogP contribution in [-0.2, 0) is 6.42 Å². The van der Waals surface area contributed by atoms with Crippen LogP contribution in [0, 0.1) is 18.8 Å². The summed E-state index contributed by atoms with van der Waals surface area (Å²) >= 11 is 0. The van der Waals surface area contributed by atoms with Gasteiger partial charge in [-0.1, -0.05) is 67.2 Å². The van der Waals surface area contributed by atoms with E-state index in [0.29, 0.717) is 5.92 Å². The summed E-state index contributed by atoms with van der Waals surface area (Å²) in [6, 6.07) is 6.57. The Morgan fingerprint density at radius 3 is 2.50 bits per heavy atom. The minimum atomic E-state index is 0.487. The lowest BCUT2D eigenvalue weighted by atomic mass is 9.87. The molecule has 0 nitrogen and oxygen atoms in total. The van der Waals surface area contributed by atoms with Gasteiger partial charge in [-0.15, -0.1) is 12.8 Å². The first-order chi connectivity index (χ1) is 9.72. The number of rotatable bonds is 0. The number of fused-ring (bicyclic) bond motifs is 1. The molecule has 0 heteroatoms. The van der Waals surface area contributed by atoms with Crippen molar-refractivity contribution < 1.29 is 0 Å². The van der Waals surface area contributed by atoms with E-state index in [-0.39, 0.29) is 0 Å². The highest BCUT2D eigenvalue weighted by Gasteiger charge is 2.11. The quantitative estimate of drug-likeness (QED) is 0.573. The molecule has 0 aromatic heterocycles. The molecule has 0 spiro atoms. The van der Waals surface area contributed by atoms with Gasteiger partial charge in [0.2, 0.25) is 0 Å². The molecule has 1 aromatic rings. The number of hydrogen-bond acceptors (Lipinski definition) is 0. The summed E-state index contributed by atoms with van der Waals surface area (Å²) in [5.74, 6) is 0.487. The van der Waals surface area contributed by atoms with Crippen LogP contribution in [-0.4, -0.2) is 0 Å². The van der Waals surface area contributed by atoms with Crippen LogP contribution in [0.3, 0.4) is 0 Å². The van der Waals surface area contributed by atoms with Crippen LogP contribution >= 0.6 is 0 Å². The van der Waals surface area contributed by atoms with Crippen molar-refractivity contribution in [3.63, 3.8) is 0 Å². The van der Waals surface area contributed by atoms with Crippen LogP contribution < -0.4 is 0 Å². The minimum absolute atomic E-state index is 0.487. The summed E-state index contributed by atoms with van der Waals surface area (Å²) in [7, 11) is 0. The zero-order valence-electron chi connectivity index (χ0n) is 12.1. The molecular weight excluding hydrogens is 240 g/mol. The Morgan fingerprint density at radius 2 is 1.75 bits per heavy atom. The van der Waals surface area contributed by atoms with E-state index in [1.165, 1.54) is 27.8 Å². The number of allylic oxidation sites excluding steroid dienone is 6. The Kier molecular flexibility index (Phi) is 4.43. The van der Waals surface area contributed by atoms with Crippen molar-refractivity contribution >= 4 is 12.2 Å². The Balaban J connectivity index is 0.000000704. The molecule has 1 atom stereocenters. The predicted octanol–water partition coefficient (Wildman–Crippen LogP) is 5.04. The monoisotopic (exact) mass is 260 g/mol. The zero-order chi connectivity index (χ0) is 14.5. The van der Waals surface area contributed by atoms with Gasteiger partial charge in [-0.05, 0) is 41.5 Å². The molecule has 0 aliphatic heterocycles. The Hall–Kier alpha value is -2.26. The van der Waals surface area contributed by atoms with Crippen molar-refractivity contribution in [2.24, 2.45) is 5.92 Å². The van der Waals surface area contributed by atoms with Crippen LogP contribution in [0.2, 0.25) is 0 Å². The Morgan fingerprint density at radius 1 is 1.05 bits per heavy atom. The fraction of sp³-hybridized carbons (Fsp3) is 0.200. The van der Waals surface area contributed by atoms with Gasteiger partial charge in [0.25, 0.3) is 0 Å². The van der Waals surface area contributed by atoms with Crippen LogP contribution in [0.1, 0.15) is 30.5 Å². The molecule has 2 aliphatic rings. The van der Waals surface area contributed by atoms with Crippen LogP contribution in [0.5, 0.6) is 0 Å². The molecule has 3 rings (SSSR count). The van der Waals surface area contributed by atoms with E-state index >= 15 is 0 Å². The van der Waals surface area contributed by atoms with Gasteiger partial charge in [-0.3, -0.25) is 0 Å². The summed E-state index contributed by atoms with van der Waals surface area (Å²) in [6.07, 6.45) is 22.7. The van der Waals surface area contributed by atoms with E-state index in [9.17, 15) is 0 Å². The van der Waals surface area contributed by atoms with Crippen LogP contribution in [0.15, 0.2) is 53.6 Å². The van der Waals surface area contributed by atoms with Gasteiger partial charge >= 0.3 is 0 Å². The molecule has 0 saturated carbocycles. The summed E-state index contributed by atoms with van der Waals surface area (Å²) in [5, 5.41) is 0. The summed E-state index contributed by atoms with van der Waals surface area (Å²) in [6.45, 7) is 4.43. The van der Waals surface area contributed by atoms with E-state index in [4.69, 9.17) is 0 Å². The molecule has 2 bridgehead atoms. The number of terminal acetylenes is 1. The van der Waals surface area contributed by atoms with Crippen molar-refractivity contribution in [1.29, 1.82) is 0 Å². The normalized spacial score (nSPS) is 26.1. The molecule has 100 valence electrons. The van der Waals surface area contributed by atoms with Gasteiger partial charge in [0.1, 0.15) is 0 Å². The molecule has 1 aromatic carbocycles. The third-order valence-corrected chi connectivity index (χ3v) is 3.62. The van der Waals surface area contributed by atoms with Crippen LogP contribution in [0.4, 0.5) is 0 Å². The molecule has 0 fully saturated rings. The van der Waals surface area contributed by atoms with Crippen molar-refractivity contribution in [3.8, 4) is 12.8 Å². The second-order valence-corrected chi connectivity index (χ2v) is 5.27. The van der Waals surface area contributed by atoms with Gasteiger partial charge in [0.15, 0.2) is 0 Å². The van der Waals surface area contributed by atoms with E-state index in [0.717, 1.165) is 6.42 Å². The third-order valence-electron chi connectivity index (χ3n) is 3.62. The van der Waals surface area contributed by atoms with Gasteiger partial charge in [-0.2, -0.15) is 0 Å². The highest BCUT2D eigenvalue weighted by atomic mass is 14.2. The van der Waals surface area contributed by atoms with E-state index < -0.39 is 0 Å². The zero-order valence-corrected chi connectivity index (χ0v) is 12.1. The predicted molar refractivity (Wildman–Crippen MR) is 89.1 cm³/mol. The lowest BCUT2D eigenvalue weighted by Crippen LogP contribution is -2.01. The maximum Gasteiger partial charge on any atom is -0.00138 e. The van der Waals surface area contributed by atoms with Crippen molar-refractivity contribution in [2.75, 3.05) is 0 Å². The van der Waals surface area contributed by atoms with Gasteiger partial charge in [0, 0.05) is 0 Å². The first kappa shape index (κ1) is 14.2. The maximum absolute atomic E-state index is 4.00. The Bertz CT molecular complexity index is 633. The molecule has 0 saturated heterocycles. The SMILES string of the molecule is C#C.CC1=C/C(C)/C=C\c2cccc3c2C/C(=C\1)C=C3. The van der Waals surface area contributed by atoms with Gasteiger partial charge < -0.3 is 0 Å². The Labute approximate surface area is 122 Å². The average molecular weight is 260 g/mol. The van der Waals surface area contributed by atoms with Gasteiger partial charge in [-0.25, -0.2) is 0 Å². The lowest BCUT2D eigenvalue weighted by molar-refractivity contribution is 0.933. The summed E-state index contributed by atoms with van der Waals surface area (Å²) in [4.78, 5) is 0. The molecule has 0 radical (unpaired) electrons. The smallest absolute Gasteiger partial charge is 0.00138 e. The standard InChI is InChI=1S/C18H18.C2H2/c1-13-6-8-16-4-3-5-17-9-7-15(12-18(16)17)11-14(2)10-13;1-2/h3-11,13H,12H2,1-2H3;1-2H/b8-6-,14-10-,15-11-;. The van der Waals surface area contributed by atoms with E-state index in [1.54, 1.807) is 0 Å². The molecule has 0 heterocycles. The minimum Gasteiger partial charge on any atom is -0.124 e. The van der Waals surface area contributed by atoms with Crippen molar-refractivity contribution in [1.82, 2.24) is 0 Å². The third kappa shape index (κ3) is 3.00. The van der Waals surface area contributed by atoms with Crippen LogP contribution in [0.25, 0.3) is 12.2 Å². The first-order valence-corrected chi connectivity index (χ1v) is 6.93. The number of benzene rings is 1. The topological polar surface area (TPSA) is 0 Å². The second kappa shape index (κ2) is 6.26. The summed E-state index contributed by atoms with van der Waals surface area (Å²) < 4.78 is 0. The fourth-order valence-corrected chi connectivity index (χ4v) is 2.76. The highest BCUT2D eigenvalue weighted by molar-refractivity contribution is 5.69. The van der Waals surface area contributed by atoms with Crippen molar-refractivity contribution in [2.45, 2.75) is 20.3 Å². The summed E-state index contributed by atoms with van der Waals surface area (Å²) in [5.41, 5.74) is 6.96. The molecule has 20 heavy (non-hydrogen) atoms.